The normalized spacial score (nSPS) is 12.1. The number of aryl methyl sites for hydroxylation is 1. The van der Waals surface area contributed by atoms with Crippen molar-refractivity contribution in [2.24, 2.45) is 7.05 Å². The highest BCUT2D eigenvalue weighted by atomic mass is 79.9. The zero-order chi connectivity index (χ0) is 14.0. The molecular weight excluding hydrogens is 322 g/mol. The molecule has 3 nitrogen and oxygen atoms in total. The highest BCUT2D eigenvalue weighted by Gasteiger charge is 2.21. The van der Waals surface area contributed by atoms with Crippen molar-refractivity contribution in [1.82, 2.24) is 15.1 Å². The quantitative estimate of drug-likeness (QED) is 0.915. The lowest BCUT2D eigenvalue weighted by Gasteiger charge is -2.17. The third kappa shape index (κ3) is 3.91. The molecule has 0 fully saturated rings. The van der Waals surface area contributed by atoms with E-state index in [9.17, 15) is 0 Å². The second kappa shape index (κ2) is 5.77. The van der Waals surface area contributed by atoms with Crippen LogP contribution < -0.4 is 5.32 Å². The molecule has 0 aromatic carbocycles. The Morgan fingerprint density at radius 3 is 2.68 bits per heavy atom. The lowest BCUT2D eigenvalue weighted by Crippen LogP contribution is -2.18. The van der Waals surface area contributed by atoms with Crippen LogP contribution in [0.2, 0.25) is 0 Å². The molecule has 19 heavy (non-hydrogen) atoms. The van der Waals surface area contributed by atoms with Crippen LogP contribution in [0.25, 0.3) is 0 Å². The van der Waals surface area contributed by atoms with Crippen LogP contribution in [-0.4, -0.2) is 9.78 Å². The van der Waals surface area contributed by atoms with Gasteiger partial charge in [-0.25, -0.2) is 0 Å². The SMILES string of the molecule is Cn1cc(CNCc2cc(Br)cs2)c(C(C)(C)C)n1. The molecule has 2 heterocycles. The summed E-state index contributed by atoms with van der Waals surface area (Å²) in [6, 6.07) is 2.16. The zero-order valence-electron chi connectivity index (χ0n) is 11.8. The van der Waals surface area contributed by atoms with Gasteiger partial charge in [-0.3, -0.25) is 4.68 Å². The molecule has 0 saturated heterocycles. The molecule has 2 aromatic rings. The molecule has 0 unspecified atom stereocenters. The van der Waals surface area contributed by atoms with Crippen LogP contribution in [0.1, 0.15) is 36.9 Å². The van der Waals surface area contributed by atoms with Gasteiger partial charge in [0.25, 0.3) is 0 Å². The number of thiophene rings is 1. The number of hydrogen-bond acceptors (Lipinski definition) is 3. The Bertz CT molecular complexity index is 551. The van der Waals surface area contributed by atoms with Crippen molar-refractivity contribution in [3.05, 3.63) is 38.3 Å². The summed E-state index contributed by atoms with van der Waals surface area (Å²) in [5, 5.41) is 10.2. The van der Waals surface area contributed by atoms with Crippen LogP contribution in [-0.2, 0) is 25.6 Å². The van der Waals surface area contributed by atoms with Crippen molar-refractivity contribution in [2.75, 3.05) is 0 Å². The largest absolute Gasteiger partial charge is 0.308 e. The summed E-state index contributed by atoms with van der Waals surface area (Å²) in [6.45, 7) is 8.37. The molecule has 2 rings (SSSR count). The topological polar surface area (TPSA) is 29.9 Å². The van der Waals surface area contributed by atoms with E-state index in [4.69, 9.17) is 0 Å². The van der Waals surface area contributed by atoms with E-state index in [1.54, 1.807) is 11.3 Å². The van der Waals surface area contributed by atoms with E-state index in [0.29, 0.717) is 0 Å². The average molecular weight is 342 g/mol. The van der Waals surface area contributed by atoms with Crippen LogP contribution in [0.15, 0.2) is 22.1 Å². The highest BCUT2D eigenvalue weighted by Crippen LogP contribution is 2.24. The van der Waals surface area contributed by atoms with Crippen molar-refractivity contribution in [1.29, 1.82) is 0 Å². The molecule has 1 N–H and O–H groups in total. The maximum Gasteiger partial charge on any atom is 0.0722 e. The molecule has 0 aliphatic rings. The molecule has 0 aliphatic heterocycles. The van der Waals surface area contributed by atoms with Gasteiger partial charge in [-0.2, -0.15) is 5.10 Å². The number of nitrogens with zero attached hydrogens (tertiary/aromatic N) is 2. The minimum Gasteiger partial charge on any atom is -0.308 e. The molecule has 0 saturated carbocycles. The molecule has 0 spiro atoms. The Morgan fingerprint density at radius 2 is 2.11 bits per heavy atom. The van der Waals surface area contributed by atoms with Crippen LogP contribution in [0, 0.1) is 0 Å². The van der Waals surface area contributed by atoms with E-state index in [2.05, 4.69) is 64.8 Å². The van der Waals surface area contributed by atoms with E-state index in [0.717, 1.165) is 17.6 Å². The summed E-state index contributed by atoms with van der Waals surface area (Å²) >= 11 is 5.25. The summed E-state index contributed by atoms with van der Waals surface area (Å²) in [6.07, 6.45) is 2.11. The monoisotopic (exact) mass is 341 g/mol. The third-order valence-electron chi connectivity index (χ3n) is 2.85. The molecule has 104 valence electrons. The van der Waals surface area contributed by atoms with Gasteiger partial charge in [0.05, 0.1) is 5.69 Å². The summed E-state index contributed by atoms with van der Waals surface area (Å²) in [4.78, 5) is 1.34. The molecule has 0 amide bonds. The number of halogens is 1. The van der Waals surface area contributed by atoms with Crippen LogP contribution >= 0.6 is 27.3 Å². The summed E-state index contributed by atoms with van der Waals surface area (Å²) in [5.41, 5.74) is 2.55. The number of rotatable bonds is 4. The first-order chi connectivity index (χ1) is 8.86. The van der Waals surface area contributed by atoms with Gasteiger partial charge in [0.15, 0.2) is 0 Å². The Labute approximate surface area is 127 Å². The fourth-order valence-electron chi connectivity index (χ4n) is 2.07. The molecule has 0 bridgehead atoms. The Morgan fingerprint density at radius 1 is 1.37 bits per heavy atom. The van der Waals surface area contributed by atoms with E-state index in [1.165, 1.54) is 16.1 Å². The Kier molecular flexibility index (Phi) is 4.48. The van der Waals surface area contributed by atoms with Crippen molar-refractivity contribution >= 4 is 27.3 Å². The first-order valence-corrected chi connectivity index (χ1v) is 8.00. The first kappa shape index (κ1) is 14.8. The van der Waals surface area contributed by atoms with Crippen molar-refractivity contribution in [3.8, 4) is 0 Å². The smallest absolute Gasteiger partial charge is 0.0722 e. The molecule has 0 atom stereocenters. The lowest BCUT2D eigenvalue weighted by atomic mass is 9.89. The number of nitrogens with one attached hydrogen (secondary N) is 1. The predicted molar refractivity (Wildman–Crippen MR) is 84.5 cm³/mol. The fraction of sp³-hybridized carbons (Fsp3) is 0.500. The van der Waals surface area contributed by atoms with Crippen LogP contribution in [0.4, 0.5) is 0 Å². The average Bonchev–Trinajstić information content (AvgIpc) is 2.85. The van der Waals surface area contributed by atoms with E-state index >= 15 is 0 Å². The van der Waals surface area contributed by atoms with Gasteiger partial charge >= 0.3 is 0 Å². The van der Waals surface area contributed by atoms with Gasteiger partial charge in [-0.15, -0.1) is 11.3 Å². The molecular formula is C14H20BrN3S. The fourth-order valence-corrected chi connectivity index (χ4v) is 3.49. The predicted octanol–water partition coefficient (Wildman–Crippen LogP) is 3.83. The Balaban J connectivity index is 2.00. The van der Waals surface area contributed by atoms with E-state index in [-0.39, 0.29) is 5.41 Å². The van der Waals surface area contributed by atoms with Gasteiger partial charge in [-0.1, -0.05) is 20.8 Å². The maximum absolute atomic E-state index is 4.58. The lowest BCUT2D eigenvalue weighted by molar-refractivity contribution is 0.543. The zero-order valence-corrected chi connectivity index (χ0v) is 14.2. The minimum atomic E-state index is 0.0875. The Hall–Kier alpha value is -0.650. The van der Waals surface area contributed by atoms with Gasteiger partial charge < -0.3 is 5.32 Å². The molecule has 0 radical (unpaired) electrons. The first-order valence-electron chi connectivity index (χ1n) is 6.33. The summed E-state index contributed by atoms with van der Waals surface area (Å²) in [7, 11) is 1.98. The second-order valence-corrected chi connectivity index (χ2v) is 7.67. The standard InChI is InChI=1S/C14H20BrN3S/c1-14(2,3)13-10(8-18(4)17-13)6-16-7-12-5-11(15)9-19-12/h5,8-9,16H,6-7H2,1-4H3. The molecule has 2 aromatic heterocycles. The highest BCUT2D eigenvalue weighted by molar-refractivity contribution is 9.10. The van der Waals surface area contributed by atoms with Crippen molar-refractivity contribution in [2.45, 2.75) is 39.3 Å². The van der Waals surface area contributed by atoms with Crippen molar-refractivity contribution in [3.63, 3.8) is 0 Å². The number of aromatic nitrogens is 2. The van der Waals surface area contributed by atoms with Gasteiger partial charge in [0.2, 0.25) is 0 Å². The summed E-state index contributed by atoms with van der Waals surface area (Å²) in [5.74, 6) is 0. The third-order valence-corrected chi connectivity index (χ3v) is 4.55. The maximum atomic E-state index is 4.58. The van der Waals surface area contributed by atoms with E-state index < -0.39 is 0 Å². The second-order valence-electron chi connectivity index (χ2n) is 5.76. The van der Waals surface area contributed by atoms with Gasteiger partial charge in [0.1, 0.15) is 0 Å². The van der Waals surface area contributed by atoms with Crippen LogP contribution in [0.5, 0.6) is 0 Å². The van der Waals surface area contributed by atoms with E-state index in [1.807, 2.05) is 11.7 Å². The van der Waals surface area contributed by atoms with Gasteiger partial charge in [0, 0.05) is 52.0 Å². The minimum absolute atomic E-state index is 0.0875. The number of hydrogen-bond donors (Lipinski definition) is 1. The summed E-state index contributed by atoms with van der Waals surface area (Å²) < 4.78 is 3.06. The molecule has 5 heteroatoms. The molecule has 0 aliphatic carbocycles. The van der Waals surface area contributed by atoms with Crippen LogP contribution in [0.3, 0.4) is 0 Å². The van der Waals surface area contributed by atoms with Gasteiger partial charge in [-0.05, 0) is 22.0 Å². The van der Waals surface area contributed by atoms with Crippen molar-refractivity contribution < 1.29 is 0 Å².